The average Bonchev–Trinajstić information content (AvgIpc) is 2.41. The number of piperidine rings is 1. The van der Waals surface area contributed by atoms with Crippen LogP contribution in [0.25, 0.3) is 0 Å². The topological polar surface area (TPSA) is 29.5 Å². The van der Waals surface area contributed by atoms with E-state index in [1.54, 1.807) is 13.2 Å². The lowest BCUT2D eigenvalue weighted by Crippen LogP contribution is -2.43. The molecule has 1 amide bonds. The summed E-state index contributed by atoms with van der Waals surface area (Å²) in [6.07, 6.45) is 0.841. The van der Waals surface area contributed by atoms with Crippen LogP contribution in [0, 0.1) is 5.92 Å². The van der Waals surface area contributed by atoms with Gasteiger partial charge in [-0.05, 0) is 30.5 Å². The van der Waals surface area contributed by atoms with Crippen molar-refractivity contribution in [2.75, 3.05) is 20.2 Å². The van der Waals surface area contributed by atoms with Crippen LogP contribution in [0.2, 0.25) is 0 Å². The molecule has 0 spiro atoms. The van der Waals surface area contributed by atoms with E-state index in [-0.39, 0.29) is 11.3 Å². The fourth-order valence-corrected chi connectivity index (χ4v) is 2.83. The number of alkyl halides is 1. The molecule has 104 valence electrons. The Morgan fingerprint density at radius 2 is 2.26 bits per heavy atom. The quantitative estimate of drug-likeness (QED) is 0.767. The van der Waals surface area contributed by atoms with Gasteiger partial charge in [0, 0.05) is 22.9 Å². The van der Waals surface area contributed by atoms with Crippen LogP contribution in [-0.4, -0.2) is 36.4 Å². The molecule has 2 unspecified atom stereocenters. The summed E-state index contributed by atoms with van der Waals surface area (Å²) in [5.74, 6) is 0.931. The zero-order chi connectivity index (χ0) is 14.0. The molecule has 1 fully saturated rings. The van der Waals surface area contributed by atoms with Crippen molar-refractivity contribution < 1.29 is 9.53 Å². The average molecular weight is 347 g/mol. The Morgan fingerprint density at radius 3 is 2.89 bits per heavy atom. The minimum atomic E-state index is 0.0137. The van der Waals surface area contributed by atoms with Crippen LogP contribution in [0.1, 0.15) is 23.7 Å². The Hall–Kier alpha value is -0.740. The Balaban J connectivity index is 2.20. The van der Waals surface area contributed by atoms with Crippen LogP contribution in [-0.2, 0) is 0 Å². The van der Waals surface area contributed by atoms with E-state index in [9.17, 15) is 4.79 Å². The maximum absolute atomic E-state index is 12.5. The lowest BCUT2D eigenvalue weighted by Gasteiger charge is -2.34. The molecule has 1 saturated heterocycles. The Kier molecular flexibility index (Phi) is 4.74. The molecule has 1 heterocycles. The van der Waals surface area contributed by atoms with Crippen LogP contribution in [0.3, 0.4) is 0 Å². The van der Waals surface area contributed by atoms with E-state index >= 15 is 0 Å². The molecule has 0 N–H and O–H groups in total. The molecule has 0 aliphatic carbocycles. The van der Waals surface area contributed by atoms with Crippen LogP contribution in [0.5, 0.6) is 5.75 Å². The van der Waals surface area contributed by atoms with Crippen molar-refractivity contribution in [2.24, 2.45) is 5.92 Å². The van der Waals surface area contributed by atoms with Gasteiger partial charge in [-0.15, -0.1) is 11.6 Å². The first-order valence-electron chi connectivity index (χ1n) is 6.29. The van der Waals surface area contributed by atoms with Crippen LogP contribution < -0.4 is 4.74 Å². The zero-order valence-corrected chi connectivity index (χ0v) is 13.4. The van der Waals surface area contributed by atoms with Crippen molar-refractivity contribution in [2.45, 2.75) is 18.7 Å². The largest absolute Gasteiger partial charge is 0.496 e. The SMILES string of the molecule is COc1cc(Br)ccc1C(=O)N1CCC(Cl)C(C)C1. The monoisotopic (exact) mass is 345 g/mol. The highest BCUT2D eigenvalue weighted by Crippen LogP contribution is 2.28. The van der Waals surface area contributed by atoms with Gasteiger partial charge in [-0.1, -0.05) is 22.9 Å². The smallest absolute Gasteiger partial charge is 0.257 e. The summed E-state index contributed by atoms with van der Waals surface area (Å²) >= 11 is 9.57. The van der Waals surface area contributed by atoms with Gasteiger partial charge in [0.15, 0.2) is 0 Å². The van der Waals surface area contributed by atoms with Crippen LogP contribution in [0.15, 0.2) is 22.7 Å². The number of halogens is 2. The highest BCUT2D eigenvalue weighted by atomic mass is 79.9. The number of nitrogens with zero attached hydrogens (tertiary/aromatic N) is 1. The molecule has 3 nitrogen and oxygen atoms in total. The van der Waals surface area contributed by atoms with E-state index in [2.05, 4.69) is 22.9 Å². The lowest BCUT2D eigenvalue weighted by molar-refractivity contribution is 0.0683. The minimum Gasteiger partial charge on any atom is -0.496 e. The number of benzene rings is 1. The molecule has 1 aliphatic heterocycles. The van der Waals surface area contributed by atoms with Crippen LogP contribution >= 0.6 is 27.5 Å². The summed E-state index contributed by atoms with van der Waals surface area (Å²) in [6, 6.07) is 5.46. The number of amides is 1. The molecular weight excluding hydrogens is 330 g/mol. The summed E-state index contributed by atoms with van der Waals surface area (Å²) in [6.45, 7) is 3.48. The zero-order valence-electron chi connectivity index (χ0n) is 11.0. The molecule has 1 aromatic carbocycles. The predicted molar refractivity (Wildman–Crippen MR) is 80.0 cm³/mol. The third kappa shape index (κ3) is 3.23. The first-order valence-corrected chi connectivity index (χ1v) is 7.52. The number of carbonyl (C=O) groups excluding carboxylic acids is 1. The van der Waals surface area contributed by atoms with E-state index in [0.717, 1.165) is 10.9 Å². The van der Waals surface area contributed by atoms with E-state index < -0.39 is 0 Å². The number of hydrogen-bond donors (Lipinski definition) is 0. The normalized spacial score (nSPS) is 23.3. The molecule has 0 bridgehead atoms. The van der Waals surface area contributed by atoms with Crippen LogP contribution in [0.4, 0.5) is 0 Å². The molecule has 1 aromatic rings. The van der Waals surface area contributed by atoms with Crippen molar-refractivity contribution >= 4 is 33.4 Å². The van der Waals surface area contributed by atoms with Gasteiger partial charge in [0.1, 0.15) is 5.75 Å². The second-order valence-corrected chi connectivity index (χ2v) is 6.35. The number of methoxy groups -OCH3 is 1. The number of carbonyl (C=O) groups is 1. The van der Waals surface area contributed by atoms with Gasteiger partial charge in [-0.2, -0.15) is 0 Å². The molecule has 19 heavy (non-hydrogen) atoms. The Morgan fingerprint density at radius 1 is 1.53 bits per heavy atom. The number of rotatable bonds is 2. The van der Waals surface area contributed by atoms with Gasteiger partial charge >= 0.3 is 0 Å². The fourth-order valence-electron chi connectivity index (χ4n) is 2.31. The van der Waals surface area contributed by atoms with Crippen molar-refractivity contribution in [1.82, 2.24) is 4.90 Å². The highest BCUT2D eigenvalue weighted by Gasteiger charge is 2.29. The van der Waals surface area contributed by atoms with E-state index in [0.29, 0.717) is 30.3 Å². The third-order valence-electron chi connectivity index (χ3n) is 3.48. The van der Waals surface area contributed by atoms with Gasteiger partial charge in [-0.25, -0.2) is 0 Å². The highest BCUT2D eigenvalue weighted by molar-refractivity contribution is 9.10. The maximum Gasteiger partial charge on any atom is 0.257 e. The maximum atomic E-state index is 12.5. The van der Waals surface area contributed by atoms with Crippen molar-refractivity contribution in [1.29, 1.82) is 0 Å². The molecule has 1 aliphatic rings. The van der Waals surface area contributed by atoms with Gasteiger partial charge < -0.3 is 9.64 Å². The Bertz CT molecular complexity index is 481. The molecule has 0 aromatic heterocycles. The molecule has 2 atom stereocenters. The Labute approximate surface area is 127 Å². The second kappa shape index (κ2) is 6.14. The third-order valence-corrected chi connectivity index (χ3v) is 4.62. The minimum absolute atomic E-state index is 0.0137. The second-order valence-electron chi connectivity index (χ2n) is 4.88. The standard InChI is InChI=1S/C14H17BrClNO2/c1-9-8-17(6-5-12(9)16)14(18)11-4-3-10(15)7-13(11)19-2/h3-4,7,9,12H,5-6,8H2,1-2H3. The van der Waals surface area contributed by atoms with E-state index in [1.807, 2.05) is 17.0 Å². The summed E-state index contributed by atoms with van der Waals surface area (Å²) in [4.78, 5) is 14.4. The van der Waals surface area contributed by atoms with Crippen molar-refractivity contribution in [3.63, 3.8) is 0 Å². The van der Waals surface area contributed by atoms with Gasteiger partial charge in [0.2, 0.25) is 0 Å². The molecular formula is C14H17BrClNO2. The van der Waals surface area contributed by atoms with Gasteiger partial charge in [0.05, 0.1) is 12.7 Å². The molecule has 5 heteroatoms. The summed E-state index contributed by atoms with van der Waals surface area (Å²) in [7, 11) is 1.58. The lowest BCUT2D eigenvalue weighted by atomic mass is 9.98. The molecule has 2 rings (SSSR count). The first kappa shape index (κ1) is 14.7. The number of ether oxygens (including phenoxy) is 1. The summed E-state index contributed by atoms with van der Waals surface area (Å²) < 4.78 is 6.18. The molecule has 0 saturated carbocycles. The van der Waals surface area contributed by atoms with Gasteiger partial charge in [0.25, 0.3) is 5.91 Å². The van der Waals surface area contributed by atoms with Crippen molar-refractivity contribution in [3.05, 3.63) is 28.2 Å². The summed E-state index contributed by atoms with van der Waals surface area (Å²) in [5.41, 5.74) is 0.603. The predicted octanol–water partition coefficient (Wildman–Crippen LogP) is 3.55. The van der Waals surface area contributed by atoms with E-state index in [1.165, 1.54) is 0 Å². The number of hydrogen-bond acceptors (Lipinski definition) is 2. The first-order chi connectivity index (χ1) is 9.02. The number of likely N-dealkylation sites (tertiary alicyclic amines) is 1. The fraction of sp³-hybridized carbons (Fsp3) is 0.500. The van der Waals surface area contributed by atoms with E-state index in [4.69, 9.17) is 16.3 Å². The van der Waals surface area contributed by atoms with Crippen molar-refractivity contribution in [3.8, 4) is 5.75 Å². The summed E-state index contributed by atoms with van der Waals surface area (Å²) in [5, 5.41) is 0.163. The molecule has 0 radical (unpaired) electrons. The van der Waals surface area contributed by atoms with Gasteiger partial charge in [-0.3, -0.25) is 4.79 Å².